The minimum atomic E-state index is -0.0924. The van der Waals surface area contributed by atoms with Gasteiger partial charge in [-0.05, 0) is 18.1 Å². The lowest BCUT2D eigenvalue weighted by Gasteiger charge is -1.98. The maximum Gasteiger partial charge on any atom is 0.179 e. The Hall–Kier alpha value is -3.36. The second-order valence-corrected chi connectivity index (χ2v) is 3.49. The van der Waals surface area contributed by atoms with E-state index in [1.165, 1.54) is 0 Å². The van der Waals surface area contributed by atoms with Gasteiger partial charge in [0.15, 0.2) is 22.9 Å². The molecule has 0 saturated carbocycles. The van der Waals surface area contributed by atoms with E-state index in [9.17, 15) is 0 Å². The number of hydrogen-bond donors (Lipinski definition) is 1. The van der Waals surface area contributed by atoms with Crippen LogP contribution < -0.4 is 5.73 Å². The number of nitrogen functional groups attached to an aromatic ring is 1. The van der Waals surface area contributed by atoms with Gasteiger partial charge in [0.25, 0.3) is 0 Å². The molecule has 1 aromatic heterocycles. The molecule has 0 aliphatic rings. The first-order chi connectivity index (χ1) is 9.24. The molecule has 1 aromatic carbocycles. The van der Waals surface area contributed by atoms with Crippen molar-refractivity contribution in [1.29, 1.82) is 10.5 Å². The first kappa shape index (κ1) is 12.1. The van der Waals surface area contributed by atoms with Gasteiger partial charge in [-0.3, -0.25) is 0 Å². The number of anilines is 1. The fourth-order valence-corrected chi connectivity index (χ4v) is 1.35. The van der Waals surface area contributed by atoms with E-state index in [-0.39, 0.29) is 22.9 Å². The predicted molar refractivity (Wildman–Crippen MR) is 68.3 cm³/mol. The van der Waals surface area contributed by atoms with Crippen LogP contribution in [0.5, 0.6) is 0 Å². The normalized spacial score (nSPS) is 8.74. The molecule has 0 amide bonds. The lowest BCUT2D eigenvalue weighted by atomic mass is 10.2. The number of aromatic nitrogens is 2. The summed E-state index contributed by atoms with van der Waals surface area (Å²) in [5.41, 5.74) is 6.47. The van der Waals surface area contributed by atoms with E-state index in [0.29, 0.717) is 0 Å². The van der Waals surface area contributed by atoms with Gasteiger partial charge in [-0.2, -0.15) is 10.5 Å². The van der Waals surface area contributed by atoms with Crippen LogP contribution in [0.4, 0.5) is 5.82 Å². The van der Waals surface area contributed by atoms with Gasteiger partial charge in [0.05, 0.1) is 0 Å². The van der Waals surface area contributed by atoms with Crippen molar-refractivity contribution < 1.29 is 0 Å². The van der Waals surface area contributed by atoms with Crippen LogP contribution in [0.15, 0.2) is 30.3 Å². The largest absolute Gasteiger partial charge is 0.381 e. The van der Waals surface area contributed by atoms with Crippen LogP contribution in [0.2, 0.25) is 0 Å². The fourth-order valence-electron chi connectivity index (χ4n) is 1.35. The highest BCUT2D eigenvalue weighted by atomic mass is 14.9. The predicted octanol–water partition coefficient (Wildman–Crippen LogP) is 1.20. The monoisotopic (exact) mass is 245 g/mol. The molecule has 19 heavy (non-hydrogen) atoms. The minimum absolute atomic E-state index is 0.0407. The maximum absolute atomic E-state index is 8.86. The number of rotatable bonds is 0. The van der Waals surface area contributed by atoms with E-state index in [4.69, 9.17) is 16.3 Å². The number of hydrogen-bond acceptors (Lipinski definition) is 5. The summed E-state index contributed by atoms with van der Waals surface area (Å²) in [5.74, 6) is 5.65. The van der Waals surface area contributed by atoms with E-state index >= 15 is 0 Å². The lowest BCUT2D eigenvalue weighted by molar-refractivity contribution is 1.12. The summed E-state index contributed by atoms with van der Waals surface area (Å²) in [6, 6.07) is 12.8. The van der Waals surface area contributed by atoms with E-state index in [1.54, 1.807) is 12.1 Å². The molecule has 0 saturated heterocycles. The molecule has 0 aliphatic heterocycles. The van der Waals surface area contributed by atoms with Crippen LogP contribution in [-0.4, -0.2) is 9.97 Å². The molecule has 88 valence electrons. The van der Waals surface area contributed by atoms with Gasteiger partial charge in [-0.25, -0.2) is 9.97 Å². The molecule has 0 spiro atoms. The third-order valence-electron chi connectivity index (χ3n) is 2.23. The van der Waals surface area contributed by atoms with E-state index < -0.39 is 0 Å². The number of nitrogens with zero attached hydrogens (tertiary/aromatic N) is 4. The van der Waals surface area contributed by atoms with Crippen molar-refractivity contribution in [2.45, 2.75) is 0 Å². The van der Waals surface area contributed by atoms with Gasteiger partial charge in [-0.1, -0.05) is 24.1 Å². The van der Waals surface area contributed by atoms with Gasteiger partial charge < -0.3 is 5.73 Å². The van der Waals surface area contributed by atoms with Crippen molar-refractivity contribution in [2.24, 2.45) is 0 Å². The maximum atomic E-state index is 8.86. The van der Waals surface area contributed by atoms with Crippen molar-refractivity contribution in [2.75, 3.05) is 5.73 Å². The Bertz CT molecular complexity index is 755. The quantitative estimate of drug-likeness (QED) is 0.703. The van der Waals surface area contributed by atoms with E-state index in [2.05, 4.69) is 21.8 Å². The zero-order chi connectivity index (χ0) is 13.7. The van der Waals surface area contributed by atoms with Crippen LogP contribution in [0.3, 0.4) is 0 Å². The molecule has 2 rings (SSSR count). The zero-order valence-corrected chi connectivity index (χ0v) is 9.75. The molecule has 0 fully saturated rings. The summed E-state index contributed by atoms with van der Waals surface area (Å²) in [6.07, 6.45) is 0. The van der Waals surface area contributed by atoms with Crippen molar-refractivity contribution in [1.82, 2.24) is 9.97 Å². The Morgan fingerprint density at radius 1 is 0.842 bits per heavy atom. The summed E-state index contributed by atoms with van der Waals surface area (Å²) in [6.45, 7) is 0. The number of benzene rings is 1. The van der Waals surface area contributed by atoms with Gasteiger partial charge >= 0.3 is 0 Å². The van der Waals surface area contributed by atoms with Crippen LogP contribution in [0.1, 0.15) is 22.6 Å². The lowest BCUT2D eigenvalue weighted by Crippen LogP contribution is -2.03. The average molecular weight is 245 g/mol. The third-order valence-corrected chi connectivity index (χ3v) is 2.23. The van der Waals surface area contributed by atoms with Gasteiger partial charge in [0.1, 0.15) is 12.1 Å². The second kappa shape index (κ2) is 5.31. The molecular weight excluding hydrogens is 238 g/mol. The molecule has 0 atom stereocenters. The van der Waals surface area contributed by atoms with Crippen molar-refractivity contribution in [3.05, 3.63) is 53.0 Å². The van der Waals surface area contributed by atoms with Gasteiger partial charge in [0, 0.05) is 5.56 Å². The first-order valence-corrected chi connectivity index (χ1v) is 5.29. The number of nitriles is 2. The molecule has 1 heterocycles. The van der Waals surface area contributed by atoms with Crippen molar-refractivity contribution in [3.8, 4) is 24.0 Å². The summed E-state index contributed by atoms with van der Waals surface area (Å²) < 4.78 is 0. The van der Waals surface area contributed by atoms with Crippen molar-refractivity contribution >= 4 is 5.82 Å². The Balaban J connectivity index is 2.46. The summed E-state index contributed by atoms with van der Waals surface area (Å²) in [4.78, 5) is 7.74. The van der Waals surface area contributed by atoms with Gasteiger partial charge in [0.2, 0.25) is 0 Å². The molecule has 0 radical (unpaired) electrons. The molecule has 2 N–H and O–H groups in total. The highest BCUT2D eigenvalue weighted by molar-refractivity contribution is 5.53. The van der Waals surface area contributed by atoms with E-state index in [0.717, 1.165) is 5.56 Å². The topological polar surface area (TPSA) is 99.4 Å². The molecule has 0 aliphatic carbocycles. The van der Waals surface area contributed by atoms with Crippen LogP contribution in [-0.2, 0) is 0 Å². The summed E-state index contributed by atoms with van der Waals surface area (Å²) >= 11 is 0. The second-order valence-electron chi connectivity index (χ2n) is 3.49. The molecule has 5 heteroatoms. The minimum Gasteiger partial charge on any atom is -0.381 e. The zero-order valence-electron chi connectivity index (χ0n) is 9.75. The highest BCUT2D eigenvalue weighted by Crippen LogP contribution is 2.09. The van der Waals surface area contributed by atoms with Crippen LogP contribution >= 0.6 is 0 Å². The van der Waals surface area contributed by atoms with E-state index in [1.807, 2.05) is 30.3 Å². The van der Waals surface area contributed by atoms with Crippen LogP contribution in [0.25, 0.3) is 0 Å². The average Bonchev–Trinajstić information content (AvgIpc) is 2.46. The highest BCUT2D eigenvalue weighted by Gasteiger charge is 2.09. The standard InChI is InChI=1S/C14H7N5/c15-8-12-13(9-16)19-14(17)11(18-12)7-6-10-4-2-1-3-5-10/h1-5H,(H2,17,19). The first-order valence-electron chi connectivity index (χ1n) is 5.29. The van der Waals surface area contributed by atoms with Gasteiger partial charge in [-0.15, -0.1) is 0 Å². The van der Waals surface area contributed by atoms with Crippen molar-refractivity contribution in [3.63, 3.8) is 0 Å². The Kier molecular flexibility index (Phi) is 3.39. The molecule has 0 bridgehead atoms. The Morgan fingerprint density at radius 2 is 1.47 bits per heavy atom. The molecule has 5 nitrogen and oxygen atoms in total. The summed E-state index contributed by atoms with van der Waals surface area (Å²) in [7, 11) is 0. The number of nitrogens with two attached hydrogens (primary N) is 1. The molecular formula is C14H7N5. The fraction of sp³-hybridized carbons (Fsp3) is 0. The van der Waals surface area contributed by atoms with Crippen LogP contribution in [0, 0.1) is 34.5 Å². The Morgan fingerprint density at radius 3 is 2.11 bits per heavy atom. The third kappa shape index (κ3) is 2.66. The Labute approximate surface area is 110 Å². The molecule has 0 unspecified atom stereocenters. The summed E-state index contributed by atoms with van der Waals surface area (Å²) in [5, 5.41) is 17.6. The SMILES string of the molecule is N#Cc1nc(N)c(C#Cc2ccccc2)nc1C#N. The smallest absolute Gasteiger partial charge is 0.179 e. The molecule has 2 aromatic rings.